The Hall–Kier alpha value is -3.08. The third-order valence-electron chi connectivity index (χ3n) is 4.88. The van der Waals surface area contributed by atoms with Crippen LogP contribution in [0.4, 0.5) is 11.5 Å². The van der Waals surface area contributed by atoms with Gasteiger partial charge in [0.25, 0.3) is 0 Å². The van der Waals surface area contributed by atoms with Gasteiger partial charge in [0.05, 0.1) is 12.7 Å². The number of methoxy groups -OCH3 is 1. The average molecular weight is 347 g/mol. The first-order valence-electron chi connectivity index (χ1n) is 8.79. The largest absolute Gasteiger partial charge is 0.465 e. The molecule has 0 N–H and O–H groups in total. The van der Waals surface area contributed by atoms with Gasteiger partial charge in [0.15, 0.2) is 0 Å². The number of nitrogens with zero attached hydrogens (tertiary/aromatic N) is 3. The molecule has 4 rings (SSSR count). The lowest BCUT2D eigenvalue weighted by Gasteiger charge is -2.37. The first-order valence-corrected chi connectivity index (χ1v) is 8.79. The normalized spacial score (nSPS) is 14.5. The molecule has 5 nitrogen and oxygen atoms in total. The van der Waals surface area contributed by atoms with Gasteiger partial charge in [-0.1, -0.05) is 42.5 Å². The highest BCUT2D eigenvalue weighted by molar-refractivity contribution is 6.07. The van der Waals surface area contributed by atoms with E-state index in [1.165, 1.54) is 12.8 Å². The second kappa shape index (κ2) is 7.04. The third-order valence-corrected chi connectivity index (χ3v) is 4.88. The van der Waals surface area contributed by atoms with Crippen molar-refractivity contribution in [3.8, 4) is 0 Å². The van der Waals surface area contributed by atoms with Gasteiger partial charge in [-0.3, -0.25) is 0 Å². The molecule has 5 heteroatoms. The number of fused-ring (bicyclic) bond motifs is 1. The summed E-state index contributed by atoms with van der Waals surface area (Å²) in [5.41, 5.74) is 1.76. The first kappa shape index (κ1) is 16.4. The molecule has 0 unspecified atom stereocenters. The van der Waals surface area contributed by atoms with E-state index in [0.29, 0.717) is 5.56 Å². The molecule has 0 atom stereocenters. The summed E-state index contributed by atoms with van der Waals surface area (Å²) >= 11 is 0. The van der Waals surface area contributed by atoms with Crippen molar-refractivity contribution in [1.82, 2.24) is 4.98 Å². The molecule has 3 aromatic rings. The molecule has 1 saturated heterocycles. The molecule has 132 valence electrons. The van der Waals surface area contributed by atoms with Gasteiger partial charge in [-0.15, -0.1) is 0 Å². The SMILES string of the molecule is COC(=O)c1cnc(N2CCN(c3ccccc3)CC2)c2ccccc12. The van der Waals surface area contributed by atoms with Crippen molar-refractivity contribution in [3.63, 3.8) is 0 Å². The van der Waals surface area contributed by atoms with Gasteiger partial charge in [-0.05, 0) is 12.1 Å². The standard InChI is InChI=1S/C21H21N3O2/c1-26-21(25)19-15-22-20(18-10-6-5-9-17(18)19)24-13-11-23(12-14-24)16-7-3-2-4-8-16/h2-10,15H,11-14H2,1H3. The van der Waals surface area contributed by atoms with Gasteiger partial charge < -0.3 is 14.5 Å². The highest BCUT2D eigenvalue weighted by atomic mass is 16.5. The summed E-state index contributed by atoms with van der Waals surface area (Å²) in [6.07, 6.45) is 1.63. The molecule has 0 bridgehead atoms. The molecule has 0 spiro atoms. The number of carbonyl (C=O) groups excluding carboxylic acids is 1. The zero-order chi connectivity index (χ0) is 17.9. The minimum Gasteiger partial charge on any atom is -0.465 e. The fourth-order valence-corrected chi connectivity index (χ4v) is 3.52. The fourth-order valence-electron chi connectivity index (χ4n) is 3.52. The minimum absolute atomic E-state index is 0.353. The zero-order valence-corrected chi connectivity index (χ0v) is 14.8. The maximum absolute atomic E-state index is 12.0. The van der Waals surface area contributed by atoms with E-state index in [4.69, 9.17) is 4.74 Å². The number of pyridine rings is 1. The van der Waals surface area contributed by atoms with Crippen LogP contribution in [0, 0.1) is 0 Å². The number of ether oxygens (including phenoxy) is 1. The highest BCUT2D eigenvalue weighted by Crippen LogP contribution is 2.29. The lowest BCUT2D eigenvalue weighted by Crippen LogP contribution is -2.46. The van der Waals surface area contributed by atoms with Crippen molar-refractivity contribution in [2.75, 3.05) is 43.1 Å². The van der Waals surface area contributed by atoms with Crippen LogP contribution in [-0.2, 0) is 4.74 Å². The third kappa shape index (κ3) is 2.96. The van der Waals surface area contributed by atoms with Crippen LogP contribution in [0.1, 0.15) is 10.4 Å². The van der Waals surface area contributed by atoms with Crippen molar-refractivity contribution in [3.05, 3.63) is 66.4 Å². The van der Waals surface area contributed by atoms with Crippen LogP contribution in [-0.4, -0.2) is 44.2 Å². The van der Waals surface area contributed by atoms with E-state index in [9.17, 15) is 4.79 Å². The molecule has 0 saturated carbocycles. The molecule has 2 heterocycles. The number of hydrogen-bond acceptors (Lipinski definition) is 5. The topological polar surface area (TPSA) is 45.7 Å². The Morgan fingerprint density at radius 1 is 0.885 bits per heavy atom. The number of hydrogen-bond donors (Lipinski definition) is 0. The monoisotopic (exact) mass is 347 g/mol. The molecule has 1 aromatic heterocycles. The van der Waals surface area contributed by atoms with Gasteiger partial charge in [0.1, 0.15) is 5.82 Å². The molecule has 1 aliphatic heterocycles. The van der Waals surface area contributed by atoms with E-state index < -0.39 is 0 Å². The molecule has 1 fully saturated rings. The summed E-state index contributed by atoms with van der Waals surface area (Å²) in [5, 5.41) is 1.87. The van der Waals surface area contributed by atoms with Crippen molar-refractivity contribution in [1.29, 1.82) is 0 Å². The number of benzene rings is 2. The van der Waals surface area contributed by atoms with Crippen LogP contribution in [0.5, 0.6) is 0 Å². The summed E-state index contributed by atoms with van der Waals surface area (Å²) < 4.78 is 4.89. The Labute approximate surface area is 152 Å². The maximum atomic E-state index is 12.0. The molecule has 2 aromatic carbocycles. The Balaban J connectivity index is 1.61. The van der Waals surface area contributed by atoms with Crippen molar-refractivity contribution in [2.24, 2.45) is 0 Å². The summed E-state index contributed by atoms with van der Waals surface area (Å²) in [5.74, 6) is 0.579. The van der Waals surface area contributed by atoms with Gasteiger partial charge in [-0.2, -0.15) is 0 Å². The van der Waals surface area contributed by atoms with Crippen LogP contribution in [0.2, 0.25) is 0 Å². The maximum Gasteiger partial charge on any atom is 0.340 e. The van der Waals surface area contributed by atoms with Gasteiger partial charge in [0, 0.05) is 48.8 Å². The zero-order valence-electron chi connectivity index (χ0n) is 14.8. The van der Waals surface area contributed by atoms with E-state index in [1.54, 1.807) is 6.20 Å². The second-order valence-corrected chi connectivity index (χ2v) is 6.34. The van der Waals surface area contributed by atoms with Gasteiger partial charge in [-0.25, -0.2) is 9.78 Å². The van der Waals surface area contributed by atoms with E-state index in [-0.39, 0.29) is 5.97 Å². The second-order valence-electron chi connectivity index (χ2n) is 6.34. The van der Waals surface area contributed by atoms with Crippen LogP contribution in [0.15, 0.2) is 60.8 Å². The number of para-hydroxylation sites is 1. The van der Waals surface area contributed by atoms with Gasteiger partial charge in [0.2, 0.25) is 0 Å². The summed E-state index contributed by atoms with van der Waals surface area (Å²) in [4.78, 5) is 21.3. The number of rotatable bonds is 3. The Morgan fingerprint density at radius 2 is 1.50 bits per heavy atom. The Bertz CT molecular complexity index is 919. The molecule has 0 aliphatic carbocycles. The van der Waals surface area contributed by atoms with E-state index in [1.807, 2.05) is 30.3 Å². The van der Waals surface area contributed by atoms with Crippen molar-refractivity contribution >= 4 is 28.2 Å². The molecular formula is C21H21N3O2. The van der Waals surface area contributed by atoms with E-state index >= 15 is 0 Å². The fraction of sp³-hybridized carbons (Fsp3) is 0.238. The molecule has 1 aliphatic rings. The average Bonchev–Trinajstić information content (AvgIpc) is 2.73. The highest BCUT2D eigenvalue weighted by Gasteiger charge is 2.21. The number of esters is 1. The predicted octanol–water partition coefficient (Wildman–Crippen LogP) is 3.35. The van der Waals surface area contributed by atoms with Crippen molar-refractivity contribution < 1.29 is 9.53 Å². The minimum atomic E-state index is -0.353. The lowest BCUT2D eigenvalue weighted by atomic mass is 10.1. The van der Waals surface area contributed by atoms with Crippen LogP contribution < -0.4 is 9.80 Å². The first-order chi connectivity index (χ1) is 12.8. The molecule has 0 amide bonds. The number of aromatic nitrogens is 1. The summed E-state index contributed by atoms with van der Waals surface area (Å²) in [6, 6.07) is 18.4. The van der Waals surface area contributed by atoms with Crippen LogP contribution in [0.25, 0.3) is 10.8 Å². The summed E-state index contributed by atoms with van der Waals surface area (Å²) in [6.45, 7) is 3.67. The smallest absolute Gasteiger partial charge is 0.340 e. The molecule has 26 heavy (non-hydrogen) atoms. The lowest BCUT2D eigenvalue weighted by molar-refractivity contribution is 0.0602. The Kier molecular flexibility index (Phi) is 4.44. The van der Waals surface area contributed by atoms with E-state index in [2.05, 4.69) is 39.0 Å². The van der Waals surface area contributed by atoms with Crippen LogP contribution in [0.3, 0.4) is 0 Å². The van der Waals surface area contributed by atoms with Crippen molar-refractivity contribution in [2.45, 2.75) is 0 Å². The van der Waals surface area contributed by atoms with E-state index in [0.717, 1.165) is 42.8 Å². The predicted molar refractivity (Wildman–Crippen MR) is 104 cm³/mol. The molecule has 0 radical (unpaired) electrons. The molecular weight excluding hydrogens is 326 g/mol. The summed E-state index contributed by atoms with van der Waals surface area (Å²) in [7, 11) is 1.40. The van der Waals surface area contributed by atoms with Gasteiger partial charge >= 0.3 is 5.97 Å². The Morgan fingerprint density at radius 3 is 2.19 bits per heavy atom. The number of anilines is 2. The quantitative estimate of drug-likeness (QED) is 0.680. The number of carbonyl (C=O) groups is 1. The number of piperazine rings is 1. The van der Waals surface area contributed by atoms with Crippen LogP contribution >= 0.6 is 0 Å².